The van der Waals surface area contributed by atoms with Crippen LogP contribution in [0, 0.1) is 5.41 Å². The summed E-state index contributed by atoms with van der Waals surface area (Å²) in [7, 11) is 0. The molecular formula is C21H31N3O6. The molecule has 3 amide bonds. The van der Waals surface area contributed by atoms with Crippen LogP contribution >= 0.6 is 0 Å². The molecule has 166 valence electrons. The highest BCUT2D eigenvalue weighted by Crippen LogP contribution is 2.35. The van der Waals surface area contributed by atoms with Crippen LogP contribution in [0.3, 0.4) is 0 Å². The Morgan fingerprint density at radius 1 is 1.17 bits per heavy atom. The third-order valence-corrected chi connectivity index (χ3v) is 4.26. The van der Waals surface area contributed by atoms with Crippen LogP contribution in [0.25, 0.3) is 0 Å². The number of benzene rings is 1. The van der Waals surface area contributed by atoms with E-state index in [-0.39, 0.29) is 24.7 Å². The van der Waals surface area contributed by atoms with Gasteiger partial charge in [-0.25, -0.2) is 20.0 Å². The minimum Gasteiger partial charge on any atom is -0.446 e. The van der Waals surface area contributed by atoms with Crippen LogP contribution in [0.1, 0.15) is 48.0 Å². The summed E-state index contributed by atoms with van der Waals surface area (Å²) in [4.78, 5) is 43.4. The third-order valence-electron chi connectivity index (χ3n) is 4.26. The van der Waals surface area contributed by atoms with Crippen molar-refractivity contribution in [3.05, 3.63) is 30.3 Å². The fraction of sp³-hybridized carbons (Fsp3) is 0.571. The second-order valence-corrected chi connectivity index (χ2v) is 8.36. The molecule has 1 aliphatic rings. The highest BCUT2D eigenvalue weighted by atomic mass is 16.7. The van der Waals surface area contributed by atoms with E-state index in [9.17, 15) is 14.4 Å². The molecule has 0 aromatic heterocycles. The number of hydroxylamine groups is 1. The number of hydrazine groups is 1. The largest absolute Gasteiger partial charge is 0.446 e. The van der Waals surface area contributed by atoms with E-state index in [0.717, 1.165) is 5.01 Å². The predicted octanol–water partition coefficient (Wildman–Crippen LogP) is 3.65. The maximum absolute atomic E-state index is 12.9. The summed E-state index contributed by atoms with van der Waals surface area (Å²) in [6.07, 6.45) is -2.48. The van der Waals surface area contributed by atoms with Gasteiger partial charge in [0.15, 0.2) is 0 Å². The zero-order chi connectivity index (χ0) is 22.5. The minimum atomic E-state index is -0.781. The van der Waals surface area contributed by atoms with Crippen molar-refractivity contribution in [2.45, 2.75) is 66.3 Å². The van der Waals surface area contributed by atoms with Gasteiger partial charge in [0.25, 0.3) is 5.91 Å². The number of para-hydroxylation sites is 1. The van der Waals surface area contributed by atoms with Crippen molar-refractivity contribution in [3.63, 3.8) is 0 Å². The van der Waals surface area contributed by atoms with Gasteiger partial charge in [-0.1, -0.05) is 32.0 Å². The molecule has 0 aliphatic carbocycles. The first kappa shape index (κ1) is 23.5. The highest BCUT2D eigenvalue weighted by molar-refractivity contribution is 5.96. The van der Waals surface area contributed by atoms with E-state index in [0.29, 0.717) is 12.1 Å². The zero-order valence-corrected chi connectivity index (χ0v) is 18.4. The molecule has 1 heterocycles. The summed E-state index contributed by atoms with van der Waals surface area (Å²) < 4.78 is 10.3. The molecule has 30 heavy (non-hydrogen) atoms. The highest BCUT2D eigenvalue weighted by Gasteiger charge is 2.43. The topological polar surface area (TPSA) is 97.4 Å². The van der Waals surface area contributed by atoms with Gasteiger partial charge in [-0.3, -0.25) is 9.63 Å². The lowest BCUT2D eigenvalue weighted by Crippen LogP contribution is -2.57. The van der Waals surface area contributed by atoms with Crippen LogP contribution in [0.15, 0.2) is 30.3 Å². The molecule has 0 saturated carbocycles. The summed E-state index contributed by atoms with van der Waals surface area (Å²) in [6.45, 7) is 10.4. The van der Waals surface area contributed by atoms with Crippen LogP contribution in [0.4, 0.5) is 15.3 Å². The van der Waals surface area contributed by atoms with Crippen molar-refractivity contribution >= 4 is 23.8 Å². The Labute approximate surface area is 177 Å². The molecule has 2 rings (SSSR count). The molecule has 1 saturated heterocycles. The van der Waals surface area contributed by atoms with Crippen molar-refractivity contribution in [3.8, 4) is 0 Å². The summed E-state index contributed by atoms with van der Waals surface area (Å²) in [5.74, 6) is -0.187. The van der Waals surface area contributed by atoms with Crippen molar-refractivity contribution < 1.29 is 28.7 Å². The molecule has 1 aromatic carbocycles. The Morgan fingerprint density at radius 3 is 2.33 bits per heavy atom. The summed E-state index contributed by atoms with van der Waals surface area (Å²) >= 11 is 0. The average molecular weight is 421 g/mol. The van der Waals surface area contributed by atoms with Gasteiger partial charge in [0.2, 0.25) is 0 Å². The van der Waals surface area contributed by atoms with Gasteiger partial charge < -0.3 is 9.47 Å². The molecule has 1 N–H and O–H groups in total. The Morgan fingerprint density at radius 2 is 1.77 bits per heavy atom. The number of amides is 3. The number of hydrogen-bond donors (Lipinski definition) is 1. The van der Waals surface area contributed by atoms with E-state index in [1.54, 1.807) is 52.0 Å². The summed E-state index contributed by atoms with van der Waals surface area (Å²) in [5.41, 5.74) is 2.26. The number of anilines is 1. The van der Waals surface area contributed by atoms with E-state index in [1.165, 1.54) is 5.06 Å². The Balaban J connectivity index is 2.20. The Kier molecular flexibility index (Phi) is 7.66. The normalized spacial score (nSPS) is 18.3. The van der Waals surface area contributed by atoms with E-state index in [4.69, 9.17) is 14.3 Å². The van der Waals surface area contributed by atoms with Gasteiger partial charge in [-0.05, 0) is 46.2 Å². The maximum Gasteiger partial charge on any atom is 0.429 e. The van der Waals surface area contributed by atoms with E-state index in [2.05, 4.69) is 5.43 Å². The lowest BCUT2D eigenvalue weighted by atomic mass is 9.84. The SMILES string of the molecule is CC(C)OC(=O)NN(CC1CC(C)(C)C(=O)N(c2ccccc2)O1)C(=O)OC(C)C. The number of carbonyl (C=O) groups is 3. The van der Waals surface area contributed by atoms with Crippen molar-refractivity contribution in [2.24, 2.45) is 5.41 Å². The first-order valence-electron chi connectivity index (χ1n) is 10.0. The van der Waals surface area contributed by atoms with E-state index >= 15 is 0 Å². The molecule has 1 atom stereocenters. The maximum atomic E-state index is 12.9. The first-order chi connectivity index (χ1) is 14.0. The number of carbonyl (C=O) groups excluding carboxylic acids is 3. The van der Waals surface area contributed by atoms with Gasteiger partial charge in [0.05, 0.1) is 24.4 Å². The fourth-order valence-corrected chi connectivity index (χ4v) is 2.99. The van der Waals surface area contributed by atoms with Gasteiger partial charge in [0, 0.05) is 5.41 Å². The number of nitrogens with one attached hydrogen (secondary N) is 1. The molecule has 1 fully saturated rings. The standard InChI is InChI=1S/C21H31N3O6/c1-14(2)28-19(26)22-23(20(27)29-15(3)4)13-17-12-21(5,6)18(25)24(30-17)16-10-8-7-9-11-16/h7-11,14-15,17H,12-13H2,1-6H3,(H,22,26). The van der Waals surface area contributed by atoms with Crippen LogP contribution in [-0.4, -0.2) is 48.0 Å². The predicted molar refractivity (Wildman–Crippen MR) is 110 cm³/mol. The molecule has 1 aliphatic heterocycles. The lowest BCUT2D eigenvalue weighted by molar-refractivity contribution is -0.150. The van der Waals surface area contributed by atoms with Crippen LogP contribution in [0.5, 0.6) is 0 Å². The molecule has 9 nitrogen and oxygen atoms in total. The van der Waals surface area contributed by atoms with Gasteiger partial charge >= 0.3 is 12.2 Å². The fourth-order valence-electron chi connectivity index (χ4n) is 2.99. The minimum absolute atomic E-state index is 0.0290. The van der Waals surface area contributed by atoms with Crippen LogP contribution < -0.4 is 10.5 Å². The molecule has 0 radical (unpaired) electrons. The molecule has 0 spiro atoms. The second-order valence-electron chi connectivity index (χ2n) is 8.36. The monoisotopic (exact) mass is 421 g/mol. The van der Waals surface area contributed by atoms with Crippen LogP contribution in [-0.2, 0) is 19.1 Å². The Bertz CT molecular complexity index is 750. The van der Waals surface area contributed by atoms with Crippen molar-refractivity contribution in [2.75, 3.05) is 11.6 Å². The average Bonchev–Trinajstić information content (AvgIpc) is 2.63. The quantitative estimate of drug-likeness (QED) is 0.729. The molecular weight excluding hydrogens is 390 g/mol. The number of nitrogens with zero attached hydrogens (tertiary/aromatic N) is 2. The molecule has 9 heteroatoms. The second kappa shape index (κ2) is 9.80. The van der Waals surface area contributed by atoms with Crippen molar-refractivity contribution in [1.29, 1.82) is 0 Å². The smallest absolute Gasteiger partial charge is 0.429 e. The van der Waals surface area contributed by atoms with E-state index in [1.807, 2.05) is 19.9 Å². The first-order valence-corrected chi connectivity index (χ1v) is 10.0. The number of hydrogen-bond acceptors (Lipinski definition) is 6. The zero-order valence-electron chi connectivity index (χ0n) is 18.4. The summed E-state index contributed by atoms with van der Waals surface area (Å²) in [5, 5.41) is 2.26. The third kappa shape index (κ3) is 6.35. The van der Waals surface area contributed by atoms with Crippen molar-refractivity contribution in [1.82, 2.24) is 10.4 Å². The summed E-state index contributed by atoms with van der Waals surface area (Å²) in [6, 6.07) is 8.98. The van der Waals surface area contributed by atoms with Gasteiger partial charge in [0.1, 0.15) is 6.10 Å². The number of rotatable bonds is 5. The number of ether oxygens (including phenoxy) is 2. The lowest BCUT2D eigenvalue weighted by Gasteiger charge is -2.41. The Hall–Kier alpha value is -2.81. The van der Waals surface area contributed by atoms with E-state index < -0.39 is 23.7 Å². The molecule has 1 unspecified atom stereocenters. The van der Waals surface area contributed by atoms with Crippen LogP contribution in [0.2, 0.25) is 0 Å². The van der Waals surface area contributed by atoms with Gasteiger partial charge in [-0.15, -0.1) is 0 Å². The molecule has 1 aromatic rings. The van der Waals surface area contributed by atoms with Gasteiger partial charge in [-0.2, -0.15) is 5.06 Å². The molecule has 0 bridgehead atoms.